The van der Waals surface area contributed by atoms with Gasteiger partial charge in [-0.2, -0.15) is 13.2 Å². The number of hydrogen-bond acceptors (Lipinski definition) is 3. The van der Waals surface area contributed by atoms with E-state index in [0.29, 0.717) is 0 Å². The summed E-state index contributed by atoms with van der Waals surface area (Å²) in [5.41, 5.74) is -4.52. The average Bonchev–Trinajstić information content (AvgIpc) is 2.83. The van der Waals surface area contributed by atoms with Crippen LogP contribution in [0.4, 0.5) is 22.0 Å². The van der Waals surface area contributed by atoms with Gasteiger partial charge in [-0.05, 0) is 19.1 Å². The maximum atomic E-state index is 13.7. The lowest BCUT2D eigenvalue weighted by atomic mass is 9.93. The number of nitrogens with zero attached hydrogens (tertiary/aromatic N) is 3. The van der Waals surface area contributed by atoms with Gasteiger partial charge in [-0.15, -0.1) is 11.7 Å². The molecule has 1 unspecified atom stereocenters. The molecule has 1 atom stereocenters. The molecule has 1 aromatic carbocycles. The Kier molecular flexibility index (Phi) is 4.75. The molecule has 24 heavy (non-hydrogen) atoms. The molecular weight excluding hydrogens is 333 g/mol. The largest absolute Gasteiger partial charge is 0.423 e. The quantitative estimate of drug-likeness (QED) is 0.667. The first-order chi connectivity index (χ1) is 11.1. The predicted octanol–water partition coefficient (Wildman–Crippen LogP) is 3.24. The van der Waals surface area contributed by atoms with Crippen molar-refractivity contribution in [1.82, 2.24) is 15.0 Å². The Labute approximate surface area is 134 Å². The zero-order valence-corrected chi connectivity index (χ0v) is 12.6. The Morgan fingerprint density at radius 1 is 1.25 bits per heavy atom. The fourth-order valence-corrected chi connectivity index (χ4v) is 2.28. The first-order valence-corrected chi connectivity index (χ1v) is 6.85. The van der Waals surface area contributed by atoms with Crippen LogP contribution in [0.5, 0.6) is 0 Å². The molecule has 1 N–H and O–H groups in total. The molecule has 0 amide bonds. The molecule has 130 valence electrons. The molecule has 9 heteroatoms. The lowest BCUT2D eigenvalue weighted by Gasteiger charge is -2.28. The van der Waals surface area contributed by atoms with Gasteiger partial charge in [0.05, 0.1) is 12.2 Å². The van der Waals surface area contributed by atoms with Gasteiger partial charge in [-0.25, -0.2) is 13.5 Å². The summed E-state index contributed by atoms with van der Waals surface area (Å²) in [7, 11) is 0. The van der Waals surface area contributed by atoms with E-state index >= 15 is 0 Å². The summed E-state index contributed by atoms with van der Waals surface area (Å²) in [5, 5.41) is 16.9. The highest BCUT2D eigenvalue weighted by Crippen LogP contribution is 2.42. The van der Waals surface area contributed by atoms with Crippen LogP contribution in [0.2, 0.25) is 0 Å². The molecule has 2 aromatic rings. The van der Waals surface area contributed by atoms with Crippen molar-refractivity contribution in [3.05, 3.63) is 59.4 Å². The first-order valence-electron chi connectivity index (χ1n) is 6.85. The Balaban J connectivity index is 2.46. The standard InChI is InChI=1S/C15H14F5N3O/c1-3-7-14(24,15(18,19)20)13-9(2)23(22-21-13)8-10-11(16)5-4-6-12(10)17/h3-6,24H,1,7-8H2,2H3. The molecule has 0 spiro atoms. The molecule has 0 aliphatic rings. The van der Waals surface area contributed by atoms with E-state index in [2.05, 4.69) is 16.9 Å². The predicted molar refractivity (Wildman–Crippen MR) is 75.0 cm³/mol. The number of hydrogen-bond donors (Lipinski definition) is 1. The van der Waals surface area contributed by atoms with Gasteiger partial charge in [-0.3, -0.25) is 0 Å². The molecule has 2 rings (SSSR count). The third-order valence-corrected chi connectivity index (χ3v) is 3.65. The lowest BCUT2D eigenvalue weighted by molar-refractivity contribution is -0.267. The summed E-state index contributed by atoms with van der Waals surface area (Å²) in [5.74, 6) is -1.72. The summed E-state index contributed by atoms with van der Waals surface area (Å²) in [4.78, 5) is 0. The third kappa shape index (κ3) is 3.03. The van der Waals surface area contributed by atoms with Crippen LogP contribution >= 0.6 is 0 Å². The zero-order valence-electron chi connectivity index (χ0n) is 12.6. The number of benzene rings is 1. The second kappa shape index (κ2) is 6.31. The van der Waals surface area contributed by atoms with Crippen molar-refractivity contribution in [1.29, 1.82) is 0 Å². The molecule has 0 radical (unpaired) electrons. The highest BCUT2D eigenvalue weighted by Gasteiger charge is 2.56. The van der Waals surface area contributed by atoms with E-state index in [1.165, 1.54) is 13.0 Å². The number of aromatic nitrogens is 3. The van der Waals surface area contributed by atoms with Gasteiger partial charge in [0, 0.05) is 12.0 Å². The van der Waals surface area contributed by atoms with Crippen LogP contribution in [0.15, 0.2) is 30.9 Å². The van der Waals surface area contributed by atoms with Gasteiger partial charge < -0.3 is 5.11 Å². The molecule has 1 aromatic heterocycles. The van der Waals surface area contributed by atoms with E-state index in [-0.39, 0.29) is 11.3 Å². The van der Waals surface area contributed by atoms with Crippen molar-refractivity contribution in [2.24, 2.45) is 0 Å². The van der Waals surface area contributed by atoms with Crippen LogP contribution in [-0.4, -0.2) is 26.3 Å². The van der Waals surface area contributed by atoms with Crippen LogP contribution in [0.3, 0.4) is 0 Å². The number of aliphatic hydroxyl groups is 1. The zero-order chi connectivity index (χ0) is 18.1. The smallest absolute Gasteiger partial charge is 0.375 e. The van der Waals surface area contributed by atoms with Crippen molar-refractivity contribution in [3.8, 4) is 0 Å². The van der Waals surface area contributed by atoms with E-state index in [0.717, 1.165) is 22.9 Å². The molecule has 0 fully saturated rings. The minimum Gasteiger partial charge on any atom is -0.375 e. The topological polar surface area (TPSA) is 50.9 Å². The number of alkyl halides is 3. The summed E-state index contributed by atoms with van der Waals surface area (Å²) in [6, 6.07) is 3.21. The normalized spacial score (nSPS) is 14.5. The van der Waals surface area contributed by atoms with Crippen LogP contribution in [0.25, 0.3) is 0 Å². The molecule has 0 aliphatic carbocycles. The van der Waals surface area contributed by atoms with Gasteiger partial charge in [0.1, 0.15) is 17.3 Å². The minimum atomic E-state index is -5.02. The molecule has 0 saturated carbocycles. The van der Waals surface area contributed by atoms with Crippen LogP contribution < -0.4 is 0 Å². The Morgan fingerprint density at radius 2 is 1.83 bits per heavy atom. The Bertz CT molecular complexity index is 736. The van der Waals surface area contributed by atoms with E-state index < -0.39 is 42.1 Å². The van der Waals surface area contributed by atoms with Crippen LogP contribution in [0, 0.1) is 18.6 Å². The van der Waals surface area contributed by atoms with E-state index in [1.807, 2.05) is 0 Å². The number of halogens is 5. The van der Waals surface area contributed by atoms with E-state index in [4.69, 9.17) is 0 Å². The highest BCUT2D eigenvalue weighted by molar-refractivity contribution is 5.24. The minimum absolute atomic E-state index is 0.153. The maximum Gasteiger partial charge on any atom is 0.423 e. The summed E-state index contributed by atoms with van der Waals surface area (Å²) in [6.07, 6.45) is -4.94. The fraction of sp³-hybridized carbons (Fsp3) is 0.333. The summed E-state index contributed by atoms with van der Waals surface area (Å²) < 4.78 is 67.9. The van der Waals surface area contributed by atoms with E-state index in [9.17, 15) is 27.1 Å². The van der Waals surface area contributed by atoms with Crippen LogP contribution in [0.1, 0.15) is 23.4 Å². The third-order valence-electron chi connectivity index (χ3n) is 3.65. The second-order valence-corrected chi connectivity index (χ2v) is 5.23. The SMILES string of the molecule is C=CCC(O)(c1nnn(Cc2c(F)cccc2F)c1C)C(F)(F)F. The van der Waals surface area contributed by atoms with Crippen molar-refractivity contribution < 1.29 is 27.1 Å². The fourth-order valence-electron chi connectivity index (χ4n) is 2.28. The Hall–Kier alpha value is -2.29. The van der Waals surface area contributed by atoms with Gasteiger partial charge in [0.15, 0.2) is 0 Å². The monoisotopic (exact) mass is 347 g/mol. The van der Waals surface area contributed by atoms with Crippen molar-refractivity contribution >= 4 is 0 Å². The maximum absolute atomic E-state index is 13.7. The second-order valence-electron chi connectivity index (χ2n) is 5.23. The van der Waals surface area contributed by atoms with Gasteiger partial charge in [0.25, 0.3) is 0 Å². The summed E-state index contributed by atoms with van der Waals surface area (Å²) in [6.45, 7) is 3.97. The average molecular weight is 347 g/mol. The molecule has 4 nitrogen and oxygen atoms in total. The van der Waals surface area contributed by atoms with Crippen molar-refractivity contribution in [3.63, 3.8) is 0 Å². The Morgan fingerprint density at radius 3 is 2.33 bits per heavy atom. The van der Waals surface area contributed by atoms with Gasteiger partial charge >= 0.3 is 6.18 Å². The number of rotatable bonds is 5. The van der Waals surface area contributed by atoms with Crippen molar-refractivity contribution in [2.45, 2.75) is 31.7 Å². The van der Waals surface area contributed by atoms with E-state index in [1.54, 1.807) is 0 Å². The van der Waals surface area contributed by atoms with Crippen molar-refractivity contribution in [2.75, 3.05) is 0 Å². The molecule has 0 aliphatic heterocycles. The molecular formula is C15H14F5N3O. The lowest BCUT2D eigenvalue weighted by Crippen LogP contribution is -2.42. The molecule has 1 heterocycles. The molecule has 0 bridgehead atoms. The van der Waals surface area contributed by atoms with Gasteiger partial charge in [-0.1, -0.05) is 17.4 Å². The highest BCUT2D eigenvalue weighted by atomic mass is 19.4. The van der Waals surface area contributed by atoms with Crippen LogP contribution in [-0.2, 0) is 12.1 Å². The summed E-state index contributed by atoms with van der Waals surface area (Å²) >= 11 is 0. The first kappa shape index (κ1) is 18.1. The van der Waals surface area contributed by atoms with Gasteiger partial charge in [0.2, 0.25) is 5.60 Å². The molecule has 0 saturated heterocycles.